The first-order valence-electron chi connectivity index (χ1n) is 3.75. The molecule has 12 heavy (non-hydrogen) atoms. The molecule has 0 bridgehead atoms. The highest BCUT2D eigenvalue weighted by molar-refractivity contribution is 7.90. The van der Waals surface area contributed by atoms with Crippen LogP contribution >= 0.6 is 0 Å². The minimum Gasteiger partial charge on any atom is -0.396 e. The van der Waals surface area contributed by atoms with Crippen molar-refractivity contribution in [2.75, 3.05) is 13.2 Å². The maximum atomic E-state index is 10.2. The lowest BCUT2D eigenvalue weighted by Gasteiger charge is -1.84. The van der Waals surface area contributed by atoms with Gasteiger partial charge in [-0.25, -0.2) is 13.6 Å². The molecule has 1 fully saturated rings. The molecule has 1 rings (SSSR count). The summed E-state index contributed by atoms with van der Waals surface area (Å²) in [6, 6.07) is 0. The molecule has 0 unspecified atom stereocenters. The summed E-state index contributed by atoms with van der Waals surface area (Å²) < 4.78 is 20.3. The second kappa shape index (κ2) is 5.47. The number of aliphatic hydroxyl groups excluding tert-OH is 2. The summed E-state index contributed by atoms with van der Waals surface area (Å²) in [6.45, 7) is 0.188. The average Bonchev–Trinajstić information content (AvgIpc) is 2.68. The molecule has 1 saturated carbocycles. The second-order valence-electron chi connectivity index (χ2n) is 2.59. The fourth-order valence-corrected chi connectivity index (χ4v) is 1.26. The Labute approximate surface area is 72.3 Å². The van der Waals surface area contributed by atoms with Crippen molar-refractivity contribution in [3.8, 4) is 0 Å². The molecule has 0 saturated heterocycles. The number of aliphatic hydroxyl groups is 2. The standard InChI is InChI=1S/C3H7NO2S.C3H8O2/c4-7(5,6)3-1-2-3;4-2-1-3-5/h3H,1-2H2,(H2,4,5,6);4-5H,1-3H2. The zero-order chi connectivity index (χ0) is 9.61. The smallest absolute Gasteiger partial charge is 0.211 e. The van der Waals surface area contributed by atoms with Crippen molar-refractivity contribution in [1.82, 2.24) is 0 Å². The van der Waals surface area contributed by atoms with Gasteiger partial charge in [0, 0.05) is 13.2 Å². The normalized spacial score (nSPS) is 16.6. The average molecular weight is 197 g/mol. The van der Waals surface area contributed by atoms with Crippen LogP contribution in [0.25, 0.3) is 0 Å². The van der Waals surface area contributed by atoms with Crippen LogP contribution in [0, 0.1) is 0 Å². The van der Waals surface area contributed by atoms with Gasteiger partial charge in [0.1, 0.15) is 0 Å². The molecule has 6 heteroatoms. The lowest BCUT2D eigenvalue weighted by molar-refractivity contribution is 0.221. The van der Waals surface area contributed by atoms with E-state index in [0.29, 0.717) is 6.42 Å². The van der Waals surface area contributed by atoms with Crippen molar-refractivity contribution < 1.29 is 18.6 Å². The van der Waals surface area contributed by atoms with E-state index >= 15 is 0 Å². The van der Waals surface area contributed by atoms with E-state index in [4.69, 9.17) is 15.4 Å². The van der Waals surface area contributed by atoms with Crippen LogP contribution in [0.15, 0.2) is 0 Å². The van der Waals surface area contributed by atoms with Crippen LogP contribution in [-0.4, -0.2) is 37.1 Å². The van der Waals surface area contributed by atoms with E-state index in [1.54, 1.807) is 0 Å². The lowest BCUT2D eigenvalue weighted by atomic mass is 10.5. The Morgan fingerprint density at radius 1 is 1.25 bits per heavy atom. The molecule has 0 heterocycles. The van der Waals surface area contributed by atoms with Gasteiger partial charge in [0.05, 0.1) is 5.25 Å². The van der Waals surface area contributed by atoms with E-state index in [0.717, 1.165) is 12.8 Å². The van der Waals surface area contributed by atoms with Gasteiger partial charge in [0.25, 0.3) is 0 Å². The van der Waals surface area contributed by atoms with Crippen molar-refractivity contribution in [1.29, 1.82) is 0 Å². The van der Waals surface area contributed by atoms with Crippen LogP contribution in [0.4, 0.5) is 0 Å². The van der Waals surface area contributed by atoms with Crippen molar-refractivity contribution in [2.24, 2.45) is 5.14 Å². The Morgan fingerprint density at radius 2 is 1.67 bits per heavy atom. The predicted octanol–water partition coefficient (Wildman–Crippen LogP) is -1.20. The molecule has 0 atom stereocenters. The topological polar surface area (TPSA) is 101 Å². The number of nitrogens with two attached hydrogens (primary N) is 1. The van der Waals surface area contributed by atoms with Gasteiger partial charge in [-0.05, 0) is 19.3 Å². The molecule has 5 nitrogen and oxygen atoms in total. The van der Waals surface area contributed by atoms with Crippen LogP contribution in [0.1, 0.15) is 19.3 Å². The van der Waals surface area contributed by atoms with E-state index in [1.807, 2.05) is 0 Å². The zero-order valence-corrected chi connectivity index (χ0v) is 7.63. The van der Waals surface area contributed by atoms with Crippen LogP contribution in [0.2, 0.25) is 0 Å². The summed E-state index contributed by atoms with van der Waals surface area (Å²) in [6.07, 6.45) is 2.03. The van der Waals surface area contributed by atoms with Crippen LogP contribution < -0.4 is 5.14 Å². The third kappa shape index (κ3) is 6.53. The Morgan fingerprint density at radius 3 is 1.67 bits per heavy atom. The number of rotatable bonds is 3. The molecule has 74 valence electrons. The van der Waals surface area contributed by atoms with E-state index < -0.39 is 10.0 Å². The Hall–Kier alpha value is -0.170. The SMILES string of the molecule is NS(=O)(=O)C1CC1.OCCCO. The number of sulfonamides is 1. The van der Waals surface area contributed by atoms with Crippen molar-refractivity contribution >= 4 is 10.0 Å². The molecular formula is C6H15NO4S. The monoisotopic (exact) mass is 197 g/mol. The van der Waals surface area contributed by atoms with Crippen LogP contribution in [-0.2, 0) is 10.0 Å². The molecule has 1 aliphatic carbocycles. The van der Waals surface area contributed by atoms with E-state index in [-0.39, 0.29) is 18.5 Å². The summed E-state index contributed by atoms with van der Waals surface area (Å²) in [5.41, 5.74) is 0. The summed E-state index contributed by atoms with van der Waals surface area (Å²) in [5.74, 6) is 0. The summed E-state index contributed by atoms with van der Waals surface area (Å²) in [5, 5.41) is 20.3. The Bertz CT molecular complexity index is 196. The summed E-state index contributed by atoms with van der Waals surface area (Å²) in [4.78, 5) is 0. The van der Waals surface area contributed by atoms with Crippen molar-refractivity contribution in [2.45, 2.75) is 24.5 Å². The van der Waals surface area contributed by atoms with Gasteiger partial charge in [-0.3, -0.25) is 0 Å². The van der Waals surface area contributed by atoms with Gasteiger partial charge in [0.15, 0.2) is 0 Å². The van der Waals surface area contributed by atoms with Gasteiger partial charge in [-0.1, -0.05) is 0 Å². The summed E-state index contributed by atoms with van der Waals surface area (Å²) in [7, 11) is -3.13. The highest BCUT2D eigenvalue weighted by atomic mass is 32.2. The lowest BCUT2D eigenvalue weighted by Crippen LogP contribution is -2.16. The number of hydrogen-bond acceptors (Lipinski definition) is 4. The van der Waals surface area contributed by atoms with Crippen molar-refractivity contribution in [3.63, 3.8) is 0 Å². The van der Waals surface area contributed by atoms with Gasteiger partial charge in [0.2, 0.25) is 10.0 Å². The second-order valence-corrected chi connectivity index (χ2v) is 4.43. The molecular weight excluding hydrogens is 182 g/mol. The maximum Gasteiger partial charge on any atom is 0.211 e. The molecule has 0 aromatic rings. The molecule has 0 aliphatic heterocycles. The van der Waals surface area contributed by atoms with Gasteiger partial charge >= 0.3 is 0 Å². The fourth-order valence-electron chi connectivity index (χ4n) is 0.467. The van der Waals surface area contributed by atoms with Crippen LogP contribution in [0.3, 0.4) is 0 Å². The van der Waals surface area contributed by atoms with Crippen molar-refractivity contribution in [3.05, 3.63) is 0 Å². The first-order valence-corrected chi connectivity index (χ1v) is 5.36. The third-order valence-corrected chi connectivity index (χ3v) is 2.71. The largest absolute Gasteiger partial charge is 0.396 e. The zero-order valence-electron chi connectivity index (χ0n) is 6.81. The first kappa shape index (κ1) is 11.8. The minimum absolute atomic E-state index is 0.0938. The number of hydrogen-bond donors (Lipinski definition) is 3. The highest BCUT2D eigenvalue weighted by Crippen LogP contribution is 2.25. The highest BCUT2D eigenvalue weighted by Gasteiger charge is 2.32. The van der Waals surface area contributed by atoms with Gasteiger partial charge in [-0.2, -0.15) is 0 Å². The molecule has 1 aliphatic rings. The van der Waals surface area contributed by atoms with E-state index in [1.165, 1.54) is 0 Å². The Kier molecular flexibility index (Phi) is 5.39. The van der Waals surface area contributed by atoms with Crippen LogP contribution in [0.5, 0.6) is 0 Å². The van der Waals surface area contributed by atoms with E-state index in [2.05, 4.69) is 0 Å². The minimum atomic E-state index is -3.13. The predicted molar refractivity (Wildman–Crippen MR) is 44.9 cm³/mol. The third-order valence-electron chi connectivity index (χ3n) is 1.31. The van der Waals surface area contributed by atoms with Gasteiger partial charge < -0.3 is 10.2 Å². The fraction of sp³-hybridized carbons (Fsp3) is 1.00. The Balaban J connectivity index is 0.000000217. The first-order chi connectivity index (χ1) is 5.52. The molecule has 0 aromatic carbocycles. The molecule has 0 aromatic heterocycles. The maximum absolute atomic E-state index is 10.2. The molecule has 0 radical (unpaired) electrons. The number of primary sulfonamides is 1. The van der Waals surface area contributed by atoms with Gasteiger partial charge in [-0.15, -0.1) is 0 Å². The molecule has 0 spiro atoms. The summed E-state index contributed by atoms with van der Waals surface area (Å²) >= 11 is 0. The molecule has 4 N–H and O–H groups in total. The quantitative estimate of drug-likeness (QED) is 0.529. The van der Waals surface area contributed by atoms with E-state index in [9.17, 15) is 8.42 Å². The molecule has 0 amide bonds.